The van der Waals surface area contributed by atoms with Crippen molar-refractivity contribution >= 4 is 11.5 Å². The van der Waals surface area contributed by atoms with E-state index < -0.39 is 5.82 Å². The minimum absolute atomic E-state index is 0.0181. The number of nitrogens with zero attached hydrogens (tertiary/aromatic N) is 3. The molecule has 3 heterocycles. The van der Waals surface area contributed by atoms with Gasteiger partial charge in [0.15, 0.2) is 0 Å². The summed E-state index contributed by atoms with van der Waals surface area (Å²) in [6.45, 7) is 2.38. The molecule has 0 unspecified atom stereocenters. The van der Waals surface area contributed by atoms with E-state index in [2.05, 4.69) is 10.1 Å². The number of hydrogen-bond donors (Lipinski definition) is 2. The summed E-state index contributed by atoms with van der Waals surface area (Å²) in [5, 5.41) is 4.37. The summed E-state index contributed by atoms with van der Waals surface area (Å²) >= 11 is 0. The minimum atomic E-state index is -0.439. The number of rotatable bonds is 4. The Labute approximate surface area is 155 Å². The largest absolute Gasteiger partial charge is 0.399 e. The van der Waals surface area contributed by atoms with Crippen LogP contribution >= 0.6 is 0 Å². The third-order valence-electron chi connectivity index (χ3n) is 4.44. The second-order valence-electron chi connectivity index (χ2n) is 6.41. The number of nitrogen functional groups attached to an aromatic ring is 2. The van der Waals surface area contributed by atoms with Gasteiger partial charge in [-0.25, -0.2) is 9.37 Å². The van der Waals surface area contributed by atoms with Crippen molar-refractivity contribution in [3.05, 3.63) is 48.7 Å². The van der Waals surface area contributed by atoms with Crippen LogP contribution in [-0.2, 0) is 16.0 Å². The molecule has 1 atom stereocenters. The van der Waals surface area contributed by atoms with Crippen LogP contribution in [-0.4, -0.2) is 40.7 Å². The summed E-state index contributed by atoms with van der Waals surface area (Å²) in [4.78, 5) is 4.22. The monoisotopic (exact) mass is 369 g/mol. The molecule has 1 fully saturated rings. The lowest BCUT2D eigenvalue weighted by molar-refractivity contribution is -0.0946. The van der Waals surface area contributed by atoms with Crippen molar-refractivity contribution in [3.63, 3.8) is 0 Å². The van der Waals surface area contributed by atoms with Gasteiger partial charge in [-0.15, -0.1) is 0 Å². The molecule has 1 aromatic carbocycles. The Kier molecular flexibility index (Phi) is 4.74. The standard InChI is InChI=1S/C19H20FN5O2/c20-18-6-14(21)1-2-16(18)17-5-12(7-23-19(17)22)13-8-24-25(9-13)10-15-11-26-3-4-27-15/h1-2,5-9,15H,3-4,10-11,21H2,(H2,22,23)/t15-/m0/s1. The summed E-state index contributed by atoms with van der Waals surface area (Å²) < 4.78 is 27.2. The lowest BCUT2D eigenvalue weighted by atomic mass is 10.0. The van der Waals surface area contributed by atoms with E-state index >= 15 is 0 Å². The van der Waals surface area contributed by atoms with Crippen LogP contribution in [0.2, 0.25) is 0 Å². The second-order valence-corrected chi connectivity index (χ2v) is 6.41. The fraction of sp³-hybridized carbons (Fsp3) is 0.263. The van der Waals surface area contributed by atoms with Gasteiger partial charge in [0, 0.05) is 40.3 Å². The first kappa shape index (κ1) is 17.4. The molecule has 4 rings (SSSR count). The average Bonchev–Trinajstić information content (AvgIpc) is 3.12. The highest BCUT2D eigenvalue weighted by Crippen LogP contribution is 2.31. The first-order valence-corrected chi connectivity index (χ1v) is 8.63. The van der Waals surface area contributed by atoms with E-state index in [9.17, 15) is 4.39 Å². The van der Waals surface area contributed by atoms with Gasteiger partial charge in [-0.05, 0) is 24.3 Å². The Bertz CT molecular complexity index is 953. The zero-order chi connectivity index (χ0) is 18.8. The van der Waals surface area contributed by atoms with E-state index in [4.69, 9.17) is 20.9 Å². The van der Waals surface area contributed by atoms with E-state index in [0.717, 1.165) is 11.1 Å². The second kappa shape index (κ2) is 7.34. The number of hydrogen-bond acceptors (Lipinski definition) is 6. The van der Waals surface area contributed by atoms with Gasteiger partial charge in [0.25, 0.3) is 0 Å². The van der Waals surface area contributed by atoms with Crippen molar-refractivity contribution < 1.29 is 13.9 Å². The van der Waals surface area contributed by atoms with Crippen LogP contribution in [0.15, 0.2) is 42.9 Å². The maximum Gasteiger partial charge on any atom is 0.133 e. The third kappa shape index (κ3) is 3.76. The molecule has 0 saturated carbocycles. The summed E-state index contributed by atoms with van der Waals surface area (Å²) in [6, 6.07) is 6.31. The van der Waals surface area contributed by atoms with Crippen LogP contribution in [0.4, 0.5) is 15.9 Å². The molecule has 2 aromatic heterocycles. The van der Waals surface area contributed by atoms with Crippen LogP contribution in [0.5, 0.6) is 0 Å². The molecule has 1 saturated heterocycles. The van der Waals surface area contributed by atoms with Crippen molar-refractivity contribution in [2.75, 3.05) is 31.3 Å². The Balaban J connectivity index is 1.61. The van der Waals surface area contributed by atoms with Gasteiger partial charge in [0.1, 0.15) is 17.7 Å². The molecule has 7 nitrogen and oxygen atoms in total. The summed E-state index contributed by atoms with van der Waals surface area (Å²) in [5.74, 6) is -0.187. The Morgan fingerprint density at radius 2 is 2.00 bits per heavy atom. The van der Waals surface area contributed by atoms with Gasteiger partial charge >= 0.3 is 0 Å². The number of aromatic nitrogens is 3. The van der Waals surface area contributed by atoms with Crippen LogP contribution < -0.4 is 11.5 Å². The van der Waals surface area contributed by atoms with Gasteiger partial charge in [-0.1, -0.05) is 0 Å². The molecule has 3 aromatic rings. The van der Waals surface area contributed by atoms with E-state index in [0.29, 0.717) is 43.2 Å². The number of halogens is 1. The van der Waals surface area contributed by atoms with Crippen molar-refractivity contribution in [1.29, 1.82) is 0 Å². The minimum Gasteiger partial charge on any atom is -0.399 e. The van der Waals surface area contributed by atoms with E-state index in [1.165, 1.54) is 6.07 Å². The van der Waals surface area contributed by atoms with Crippen LogP contribution in [0.1, 0.15) is 0 Å². The van der Waals surface area contributed by atoms with Crippen molar-refractivity contribution in [1.82, 2.24) is 14.8 Å². The van der Waals surface area contributed by atoms with E-state index in [1.54, 1.807) is 35.3 Å². The zero-order valence-corrected chi connectivity index (χ0v) is 14.6. The summed E-state index contributed by atoms with van der Waals surface area (Å²) in [5.41, 5.74) is 14.5. The third-order valence-corrected chi connectivity index (χ3v) is 4.44. The van der Waals surface area contributed by atoms with Gasteiger partial charge in [-0.3, -0.25) is 4.68 Å². The van der Waals surface area contributed by atoms with Crippen LogP contribution in [0.25, 0.3) is 22.3 Å². The van der Waals surface area contributed by atoms with E-state index in [1.807, 2.05) is 6.20 Å². The van der Waals surface area contributed by atoms with Crippen molar-refractivity contribution in [3.8, 4) is 22.3 Å². The molecule has 4 N–H and O–H groups in total. The van der Waals surface area contributed by atoms with Crippen molar-refractivity contribution in [2.45, 2.75) is 12.6 Å². The molecule has 27 heavy (non-hydrogen) atoms. The highest BCUT2D eigenvalue weighted by atomic mass is 19.1. The highest BCUT2D eigenvalue weighted by molar-refractivity contribution is 5.79. The Morgan fingerprint density at radius 3 is 2.78 bits per heavy atom. The fourth-order valence-electron chi connectivity index (χ4n) is 3.06. The molecule has 0 amide bonds. The molecular formula is C19H20FN5O2. The van der Waals surface area contributed by atoms with Gasteiger partial charge < -0.3 is 20.9 Å². The zero-order valence-electron chi connectivity index (χ0n) is 14.6. The molecule has 8 heteroatoms. The number of pyridine rings is 1. The molecule has 1 aliphatic rings. The Morgan fingerprint density at radius 1 is 1.11 bits per heavy atom. The van der Waals surface area contributed by atoms with E-state index in [-0.39, 0.29) is 11.9 Å². The molecule has 0 spiro atoms. The molecular weight excluding hydrogens is 349 g/mol. The topological polar surface area (TPSA) is 101 Å². The molecule has 0 radical (unpaired) electrons. The molecule has 1 aliphatic heterocycles. The predicted molar refractivity (Wildman–Crippen MR) is 100 cm³/mol. The summed E-state index contributed by atoms with van der Waals surface area (Å²) in [7, 11) is 0. The van der Waals surface area contributed by atoms with Crippen molar-refractivity contribution in [2.24, 2.45) is 0 Å². The SMILES string of the molecule is Nc1ccc(-c2cc(-c3cnn(C[C@H]4COCCO4)c3)cnc2N)c(F)c1. The van der Waals surface area contributed by atoms with Crippen LogP contribution in [0, 0.1) is 5.82 Å². The first-order chi connectivity index (χ1) is 13.1. The number of benzene rings is 1. The fourth-order valence-corrected chi connectivity index (χ4v) is 3.06. The molecule has 140 valence electrons. The predicted octanol–water partition coefficient (Wildman–Crippen LogP) is 2.33. The van der Waals surface area contributed by atoms with Gasteiger partial charge in [0.05, 0.1) is 32.6 Å². The smallest absolute Gasteiger partial charge is 0.133 e. The quantitative estimate of drug-likeness (QED) is 0.685. The normalized spacial score (nSPS) is 17.1. The van der Waals surface area contributed by atoms with Gasteiger partial charge in [0.2, 0.25) is 0 Å². The number of nitrogens with two attached hydrogens (primary N) is 2. The number of anilines is 2. The average molecular weight is 369 g/mol. The number of ether oxygens (including phenoxy) is 2. The first-order valence-electron chi connectivity index (χ1n) is 8.63. The summed E-state index contributed by atoms with van der Waals surface area (Å²) in [6.07, 6.45) is 5.26. The Hall–Kier alpha value is -2.97. The highest BCUT2D eigenvalue weighted by Gasteiger charge is 2.16. The maximum absolute atomic E-state index is 14.3. The lowest BCUT2D eigenvalue weighted by Crippen LogP contribution is -2.32. The van der Waals surface area contributed by atoms with Crippen LogP contribution in [0.3, 0.4) is 0 Å². The van der Waals surface area contributed by atoms with Gasteiger partial charge in [-0.2, -0.15) is 5.10 Å². The lowest BCUT2D eigenvalue weighted by Gasteiger charge is -2.22. The molecule has 0 bridgehead atoms. The molecule has 0 aliphatic carbocycles. The maximum atomic E-state index is 14.3.